The number of rotatable bonds is 6. The van der Waals surface area contributed by atoms with Crippen LogP contribution in [0.5, 0.6) is 0 Å². The normalized spacial score (nSPS) is 14.4. The zero-order chi connectivity index (χ0) is 19.7. The van der Waals surface area contributed by atoms with Gasteiger partial charge in [0.05, 0.1) is 11.0 Å². The molecule has 3 aromatic rings. The van der Waals surface area contributed by atoms with E-state index in [0.717, 1.165) is 35.3 Å². The molecule has 0 saturated heterocycles. The van der Waals surface area contributed by atoms with Crippen LogP contribution in [0.1, 0.15) is 35.1 Å². The van der Waals surface area contributed by atoms with E-state index < -0.39 is 6.04 Å². The third-order valence-corrected chi connectivity index (χ3v) is 5.07. The Labute approximate surface area is 163 Å². The van der Waals surface area contributed by atoms with E-state index >= 15 is 0 Å². The molecular formula is C22H22N4O2. The molecule has 28 heavy (non-hydrogen) atoms. The molecule has 0 bridgehead atoms. The molecule has 6 nitrogen and oxygen atoms in total. The highest BCUT2D eigenvalue weighted by Crippen LogP contribution is 2.32. The van der Waals surface area contributed by atoms with E-state index in [1.807, 2.05) is 42.5 Å². The Morgan fingerprint density at radius 3 is 2.64 bits per heavy atom. The number of H-pyrrole nitrogens is 1. The van der Waals surface area contributed by atoms with Crippen LogP contribution in [0, 0.1) is 0 Å². The van der Waals surface area contributed by atoms with Gasteiger partial charge in [0.15, 0.2) is 0 Å². The number of carbonyl (C=O) groups excluding carboxylic acids is 2. The van der Waals surface area contributed by atoms with Gasteiger partial charge in [-0.2, -0.15) is 0 Å². The minimum absolute atomic E-state index is 0.175. The fraction of sp³-hybridized carbons (Fsp3) is 0.227. The van der Waals surface area contributed by atoms with E-state index in [9.17, 15) is 9.59 Å². The summed E-state index contributed by atoms with van der Waals surface area (Å²) in [5, 5.41) is 2.92. The Balaban J connectivity index is 1.31. The molecule has 6 heteroatoms. The summed E-state index contributed by atoms with van der Waals surface area (Å²) in [4.78, 5) is 34.5. The molecule has 0 fully saturated rings. The van der Waals surface area contributed by atoms with Gasteiger partial charge in [0.25, 0.3) is 5.91 Å². The number of aryl methyl sites for hydroxylation is 1. The van der Waals surface area contributed by atoms with E-state index in [1.54, 1.807) is 13.0 Å². The number of nitrogens with one attached hydrogen (secondary N) is 2. The molecule has 1 aliphatic heterocycles. The molecule has 2 amide bonds. The monoisotopic (exact) mass is 374 g/mol. The molecule has 2 aromatic carbocycles. The van der Waals surface area contributed by atoms with Crippen molar-refractivity contribution in [3.8, 4) is 0 Å². The molecule has 1 aliphatic rings. The Hall–Kier alpha value is -3.41. The van der Waals surface area contributed by atoms with Gasteiger partial charge in [-0.1, -0.05) is 36.9 Å². The van der Waals surface area contributed by atoms with Crippen molar-refractivity contribution in [2.45, 2.75) is 25.8 Å². The fourth-order valence-electron chi connectivity index (χ4n) is 3.57. The maximum atomic E-state index is 12.6. The van der Waals surface area contributed by atoms with Crippen molar-refractivity contribution >= 4 is 28.5 Å². The van der Waals surface area contributed by atoms with Crippen molar-refractivity contribution in [2.75, 3.05) is 6.54 Å². The lowest BCUT2D eigenvalue weighted by Gasteiger charge is -2.24. The van der Waals surface area contributed by atoms with Gasteiger partial charge in [-0.25, -0.2) is 4.98 Å². The lowest BCUT2D eigenvalue weighted by atomic mass is 10.1. The lowest BCUT2D eigenvalue weighted by molar-refractivity contribution is -0.124. The molecular weight excluding hydrogens is 352 g/mol. The summed E-state index contributed by atoms with van der Waals surface area (Å²) >= 11 is 0. The van der Waals surface area contributed by atoms with Crippen LogP contribution in [0.3, 0.4) is 0 Å². The average Bonchev–Trinajstić information content (AvgIpc) is 3.23. The van der Waals surface area contributed by atoms with Crippen molar-refractivity contribution in [3.63, 3.8) is 0 Å². The summed E-state index contributed by atoms with van der Waals surface area (Å²) in [7, 11) is 0. The van der Waals surface area contributed by atoms with E-state index in [2.05, 4.69) is 21.9 Å². The number of carbonyl (C=O) groups is 2. The first-order chi connectivity index (χ1) is 13.6. The topological polar surface area (TPSA) is 78.1 Å². The lowest BCUT2D eigenvalue weighted by Crippen LogP contribution is -2.45. The van der Waals surface area contributed by atoms with Gasteiger partial charge in [0, 0.05) is 29.8 Å². The van der Waals surface area contributed by atoms with E-state index in [-0.39, 0.29) is 11.8 Å². The molecule has 2 N–H and O–H groups in total. The average molecular weight is 374 g/mol. The van der Waals surface area contributed by atoms with Gasteiger partial charge < -0.3 is 10.3 Å². The zero-order valence-electron chi connectivity index (χ0n) is 15.7. The summed E-state index contributed by atoms with van der Waals surface area (Å²) in [6, 6.07) is 14.6. The van der Waals surface area contributed by atoms with Crippen molar-refractivity contribution in [1.29, 1.82) is 0 Å². The maximum absolute atomic E-state index is 12.6. The van der Waals surface area contributed by atoms with Gasteiger partial charge in [-0.3, -0.25) is 14.5 Å². The molecule has 0 spiro atoms. The maximum Gasteiger partial charge on any atom is 0.259 e. The number of amides is 2. The van der Waals surface area contributed by atoms with Gasteiger partial charge in [0.2, 0.25) is 5.91 Å². The number of nitrogens with zero attached hydrogens (tertiary/aromatic N) is 2. The number of para-hydroxylation sites is 2. The third kappa shape index (κ3) is 3.17. The Bertz CT molecular complexity index is 1000. The summed E-state index contributed by atoms with van der Waals surface area (Å²) in [6.07, 6.45) is 1.50. The minimum Gasteiger partial charge on any atom is -0.354 e. The molecule has 1 aromatic heterocycles. The van der Waals surface area contributed by atoms with Crippen molar-refractivity contribution in [2.24, 2.45) is 0 Å². The van der Waals surface area contributed by atoms with Crippen LogP contribution in [0.4, 0.5) is 0 Å². The van der Waals surface area contributed by atoms with Crippen LogP contribution in [0.2, 0.25) is 0 Å². The van der Waals surface area contributed by atoms with E-state index in [1.165, 1.54) is 4.90 Å². The highest BCUT2D eigenvalue weighted by molar-refractivity contribution is 6.10. The van der Waals surface area contributed by atoms with Gasteiger partial charge in [-0.05, 0) is 31.5 Å². The number of hydrogen-bond acceptors (Lipinski definition) is 3. The number of imidazole rings is 1. The molecule has 142 valence electrons. The van der Waals surface area contributed by atoms with Crippen LogP contribution in [-0.2, 0) is 11.2 Å². The SMILES string of the molecule is C=C1c2ccccc2C(=O)N1C(C)C(=O)NCCCc1nc2ccccc2[nH]1. The zero-order valence-corrected chi connectivity index (χ0v) is 15.7. The smallest absolute Gasteiger partial charge is 0.259 e. The first-order valence-corrected chi connectivity index (χ1v) is 9.39. The molecule has 1 unspecified atom stereocenters. The van der Waals surface area contributed by atoms with Gasteiger partial charge in [0.1, 0.15) is 11.9 Å². The number of hydrogen-bond donors (Lipinski definition) is 2. The Morgan fingerprint density at radius 1 is 1.18 bits per heavy atom. The summed E-state index contributed by atoms with van der Waals surface area (Å²) in [6.45, 7) is 6.24. The van der Waals surface area contributed by atoms with E-state index in [0.29, 0.717) is 17.8 Å². The second kappa shape index (κ2) is 7.31. The van der Waals surface area contributed by atoms with Crippen molar-refractivity contribution in [1.82, 2.24) is 20.2 Å². The van der Waals surface area contributed by atoms with Crippen LogP contribution < -0.4 is 5.32 Å². The number of benzene rings is 2. The van der Waals surface area contributed by atoms with Crippen LogP contribution in [0.25, 0.3) is 16.7 Å². The molecule has 0 saturated carbocycles. The van der Waals surface area contributed by atoms with Gasteiger partial charge >= 0.3 is 0 Å². The quantitative estimate of drug-likeness (QED) is 0.651. The van der Waals surface area contributed by atoms with E-state index in [4.69, 9.17) is 0 Å². The molecule has 4 rings (SSSR count). The number of aromatic nitrogens is 2. The second-order valence-corrected chi connectivity index (χ2v) is 6.94. The fourth-order valence-corrected chi connectivity index (χ4v) is 3.57. The molecule has 1 atom stereocenters. The van der Waals surface area contributed by atoms with Gasteiger partial charge in [-0.15, -0.1) is 0 Å². The second-order valence-electron chi connectivity index (χ2n) is 6.94. The summed E-state index contributed by atoms with van der Waals surface area (Å²) in [5.74, 6) is 0.541. The van der Waals surface area contributed by atoms with Crippen LogP contribution in [-0.4, -0.2) is 39.3 Å². The minimum atomic E-state index is -0.612. The van der Waals surface area contributed by atoms with Crippen molar-refractivity contribution < 1.29 is 9.59 Å². The van der Waals surface area contributed by atoms with Crippen molar-refractivity contribution in [3.05, 3.63) is 72.1 Å². The largest absolute Gasteiger partial charge is 0.354 e. The molecule has 2 heterocycles. The number of fused-ring (bicyclic) bond motifs is 2. The molecule has 0 aliphatic carbocycles. The standard InChI is InChI=1S/C22H22N4O2/c1-14-16-8-3-4-9-17(16)22(28)26(14)15(2)21(27)23-13-7-12-20-24-18-10-5-6-11-19(18)25-20/h3-6,8-11,15H,1,7,12-13H2,2H3,(H,23,27)(H,24,25). The third-order valence-electron chi connectivity index (χ3n) is 5.07. The predicted molar refractivity (Wildman–Crippen MR) is 109 cm³/mol. The van der Waals surface area contributed by atoms with Crippen LogP contribution >= 0.6 is 0 Å². The van der Waals surface area contributed by atoms with Crippen LogP contribution in [0.15, 0.2) is 55.1 Å². The molecule has 0 radical (unpaired) electrons. The first-order valence-electron chi connectivity index (χ1n) is 9.39. The number of aromatic amines is 1. The highest BCUT2D eigenvalue weighted by Gasteiger charge is 2.36. The Kier molecular flexibility index (Phi) is 4.69. The summed E-state index contributed by atoms with van der Waals surface area (Å²) in [5.41, 5.74) is 3.92. The predicted octanol–water partition coefficient (Wildman–Crippen LogP) is 3.13. The highest BCUT2D eigenvalue weighted by atomic mass is 16.2. The Morgan fingerprint density at radius 2 is 1.89 bits per heavy atom. The first kappa shape index (κ1) is 18.0. The summed E-state index contributed by atoms with van der Waals surface area (Å²) < 4.78 is 0.